The Morgan fingerprint density at radius 1 is 1.12 bits per heavy atom. The number of ether oxygens (including phenoxy) is 1. The van der Waals surface area contributed by atoms with E-state index in [9.17, 15) is 9.59 Å². The number of hydrogen-bond acceptors (Lipinski definition) is 3. The molecule has 0 aliphatic carbocycles. The second kappa shape index (κ2) is 8.74. The molecule has 0 saturated heterocycles. The van der Waals surface area contributed by atoms with Crippen molar-refractivity contribution in [2.24, 2.45) is 0 Å². The van der Waals surface area contributed by atoms with Crippen LogP contribution in [0.3, 0.4) is 0 Å². The standard InChI is InChI=1S/C18H18Cl2N2O3/c1-22(11-12-3-6-14(25-2)7-4-12)17(23)10-21-18(24)15-8-5-13(19)9-16(15)20/h3-9H,10-11H2,1-2H3,(H,21,24). The molecule has 0 heterocycles. The minimum atomic E-state index is -0.423. The number of nitrogens with one attached hydrogen (secondary N) is 1. The normalized spacial score (nSPS) is 10.2. The average Bonchev–Trinajstić information content (AvgIpc) is 2.60. The molecular weight excluding hydrogens is 363 g/mol. The maximum atomic E-state index is 12.2. The van der Waals surface area contributed by atoms with Crippen molar-refractivity contribution in [3.8, 4) is 5.75 Å². The third-order valence-corrected chi connectivity index (χ3v) is 4.13. The Morgan fingerprint density at radius 3 is 2.40 bits per heavy atom. The van der Waals surface area contributed by atoms with Gasteiger partial charge in [-0.05, 0) is 35.9 Å². The Balaban J connectivity index is 1.88. The van der Waals surface area contributed by atoms with Gasteiger partial charge in [-0.2, -0.15) is 0 Å². The molecule has 5 nitrogen and oxygen atoms in total. The van der Waals surface area contributed by atoms with Crippen molar-refractivity contribution in [1.82, 2.24) is 10.2 Å². The molecule has 0 unspecified atom stereocenters. The van der Waals surface area contributed by atoms with E-state index in [0.29, 0.717) is 11.6 Å². The lowest BCUT2D eigenvalue weighted by Gasteiger charge is -2.18. The number of halogens is 2. The highest BCUT2D eigenvalue weighted by atomic mass is 35.5. The van der Waals surface area contributed by atoms with Crippen molar-refractivity contribution in [1.29, 1.82) is 0 Å². The molecule has 0 aliphatic heterocycles. The molecule has 0 radical (unpaired) electrons. The zero-order valence-corrected chi connectivity index (χ0v) is 15.4. The summed E-state index contributed by atoms with van der Waals surface area (Å²) in [6.45, 7) is 0.310. The fourth-order valence-corrected chi connectivity index (χ4v) is 2.65. The molecule has 0 saturated carbocycles. The van der Waals surface area contributed by atoms with Crippen LogP contribution in [0.4, 0.5) is 0 Å². The molecule has 25 heavy (non-hydrogen) atoms. The SMILES string of the molecule is COc1ccc(CN(C)C(=O)CNC(=O)c2ccc(Cl)cc2Cl)cc1. The Hall–Kier alpha value is -2.24. The van der Waals surface area contributed by atoms with Gasteiger partial charge < -0.3 is 15.0 Å². The van der Waals surface area contributed by atoms with E-state index in [1.54, 1.807) is 20.2 Å². The van der Waals surface area contributed by atoms with Gasteiger partial charge in [0.15, 0.2) is 0 Å². The number of benzene rings is 2. The quantitative estimate of drug-likeness (QED) is 0.835. The van der Waals surface area contributed by atoms with Gasteiger partial charge in [0.1, 0.15) is 5.75 Å². The number of likely N-dealkylation sites (N-methyl/N-ethyl adjacent to an activating group) is 1. The van der Waals surface area contributed by atoms with Crippen molar-refractivity contribution in [3.05, 3.63) is 63.6 Å². The topological polar surface area (TPSA) is 58.6 Å². The van der Waals surface area contributed by atoms with Gasteiger partial charge in [0, 0.05) is 18.6 Å². The molecule has 2 amide bonds. The second-order valence-corrected chi connectivity index (χ2v) is 6.25. The number of nitrogens with zero attached hydrogens (tertiary/aromatic N) is 1. The van der Waals surface area contributed by atoms with Crippen molar-refractivity contribution in [2.45, 2.75) is 6.54 Å². The molecule has 0 aromatic heterocycles. The van der Waals surface area contributed by atoms with E-state index in [0.717, 1.165) is 11.3 Å². The maximum Gasteiger partial charge on any atom is 0.253 e. The van der Waals surface area contributed by atoms with E-state index in [2.05, 4.69) is 5.32 Å². The fourth-order valence-electron chi connectivity index (χ4n) is 2.15. The first-order chi connectivity index (χ1) is 11.9. The van der Waals surface area contributed by atoms with Crippen LogP contribution in [0.5, 0.6) is 5.75 Å². The molecule has 1 N–H and O–H groups in total. The van der Waals surface area contributed by atoms with Crippen LogP contribution in [-0.2, 0) is 11.3 Å². The first kappa shape index (κ1) is 19.1. The molecule has 0 bridgehead atoms. The third kappa shape index (κ3) is 5.37. The number of methoxy groups -OCH3 is 1. The predicted octanol–water partition coefficient (Wildman–Crippen LogP) is 3.39. The van der Waals surface area contributed by atoms with E-state index < -0.39 is 5.91 Å². The van der Waals surface area contributed by atoms with Gasteiger partial charge >= 0.3 is 0 Å². The minimum Gasteiger partial charge on any atom is -0.497 e. The largest absolute Gasteiger partial charge is 0.497 e. The smallest absolute Gasteiger partial charge is 0.253 e. The lowest BCUT2D eigenvalue weighted by Crippen LogP contribution is -2.37. The van der Waals surface area contributed by atoms with Crippen molar-refractivity contribution < 1.29 is 14.3 Å². The molecule has 7 heteroatoms. The Labute approximate surface area is 156 Å². The molecule has 0 spiro atoms. The summed E-state index contributed by atoms with van der Waals surface area (Å²) in [5.74, 6) is 0.118. The first-order valence-corrected chi connectivity index (χ1v) is 8.26. The monoisotopic (exact) mass is 380 g/mol. The molecular formula is C18H18Cl2N2O3. The van der Waals surface area contributed by atoms with Crippen LogP contribution in [0.2, 0.25) is 10.0 Å². The second-order valence-electron chi connectivity index (χ2n) is 5.40. The van der Waals surface area contributed by atoms with Gasteiger partial charge in [0.25, 0.3) is 5.91 Å². The van der Waals surface area contributed by atoms with Crippen LogP contribution in [0, 0.1) is 0 Å². The number of amides is 2. The van der Waals surface area contributed by atoms with Crippen molar-refractivity contribution in [3.63, 3.8) is 0 Å². The molecule has 0 fully saturated rings. The summed E-state index contributed by atoms with van der Waals surface area (Å²) in [4.78, 5) is 25.8. The van der Waals surface area contributed by atoms with Gasteiger partial charge in [-0.25, -0.2) is 0 Å². The predicted molar refractivity (Wildman–Crippen MR) is 98.3 cm³/mol. The van der Waals surface area contributed by atoms with Gasteiger partial charge in [-0.3, -0.25) is 9.59 Å². The highest BCUT2D eigenvalue weighted by Crippen LogP contribution is 2.20. The summed E-state index contributed by atoms with van der Waals surface area (Å²) in [5.41, 5.74) is 1.24. The highest BCUT2D eigenvalue weighted by Gasteiger charge is 2.14. The summed E-state index contributed by atoms with van der Waals surface area (Å²) in [6, 6.07) is 12.0. The van der Waals surface area contributed by atoms with Crippen molar-refractivity contribution in [2.75, 3.05) is 20.7 Å². The van der Waals surface area contributed by atoms with E-state index in [1.165, 1.54) is 17.0 Å². The van der Waals surface area contributed by atoms with E-state index in [4.69, 9.17) is 27.9 Å². The number of hydrogen-bond donors (Lipinski definition) is 1. The fraction of sp³-hybridized carbons (Fsp3) is 0.222. The average molecular weight is 381 g/mol. The number of rotatable bonds is 6. The molecule has 2 aromatic carbocycles. The minimum absolute atomic E-state index is 0.121. The molecule has 132 valence electrons. The number of carbonyl (C=O) groups is 2. The van der Waals surface area contributed by atoms with Crippen LogP contribution in [0.1, 0.15) is 15.9 Å². The van der Waals surface area contributed by atoms with E-state index >= 15 is 0 Å². The Bertz CT molecular complexity index is 763. The molecule has 2 rings (SSSR count). The van der Waals surface area contributed by atoms with Gasteiger partial charge in [0.05, 0.1) is 24.2 Å². The molecule has 0 aliphatic rings. The van der Waals surface area contributed by atoms with Crippen LogP contribution in [0.25, 0.3) is 0 Å². The highest BCUT2D eigenvalue weighted by molar-refractivity contribution is 6.36. The summed E-state index contributed by atoms with van der Waals surface area (Å²) in [7, 11) is 3.27. The van der Waals surface area contributed by atoms with Crippen LogP contribution in [-0.4, -0.2) is 37.4 Å². The first-order valence-electron chi connectivity index (χ1n) is 7.51. The van der Waals surface area contributed by atoms with Crippen LogP contribution >= 0.6 is 23.2 Å². The summed E-state index contributed by atoms with van der Waals surface area (Å²) in [6.07, 6.45) is 0. The Kier molecular flexibility index (Phi) is 6.67. The van der Waals surface area contributed by atoms with E-state index in [-0.39, 0.29) is 23.0 Å². The Morgan fingerprint density at radius 2 is 1.80 bits per heavy atom. The third-order valence-electron chi connectivity index (χ3n) is 3.58. The van der Waals surface area contributed by atoms with Gasteiger partial charge in [0.2, 0.25) is 5.91 Å². The van der Waals surface area contributed by atoms with Gasteiger partial charge in [-0.1, -0.05) is 35.3 Å². The molecule has 2 aromatic rings. The maximum absolute atomic E-state index is 12.2. The van der Waals surface area contributed by atoms with Gasteiger partial charge in [-0.15, -0.1) is 0 Å². The lowest BCUT2D eigenvalue weighted by atomic mass is 10.2. The summed E-state index contributed by atoms with van der Waals surface area (Å²) in [5, 5.41) is 3.25. The van der Waals surface area contributed by atoms with Crippen molar-refractivity contribution >= 4 is 35.0 Å². The van der Waals surface area contributed by atoms with E-state index in [1.807, 2.05) is 24.3 Å². The lowest BCUT2D eigenvalue weighted by molar-refractivity contribution is -0.129. The zero-order chi connectivity index (χ0) is 18.4. The number of carbonyl (C=O) groups excluding carboxylic acids is 2. The zero-order valence-electron chi connectivity index (χ0n) is 13.9. The van der Waals surface area contributed by atoms with Crippen LogP contribution < -0.4 is 10.1 Å². The summed E-state index contributed by atoms with van der Waals surface area (Å²) < 4.78 is 5.10. The molecule has 0 atom stereocenters. The summed E-state index contributed by atoms with van der Waals surface area (Å²) >= 11 is 11.8. The van der Waals surface area contributed by atoms with Crippen LogP contribution in [0.15, 0.2) is 42.5 Å².